The molecule has 13 heavy (non-hydrogen) atoms. The molecule has 1 rings (SSSR count). The van der Waals surface area contributed by atoms with Crippen molar-refractivity contribution in [3.05, 3.63) is 0 Å². The lowest BCUT2D eigenvalue weighted by Crippen LogP contribution is -2.33. The van der Waals surface area contributed by atoms with Crippen molar-refractivity contribution in [2.24, 2.45) is 0 Å². The highest BCUT2D eigenvalue weighted by Crippen LogP contribution is 2.16. The number of rotatable bonds is 4. The maximum atomic E-state index is 5.67. The average Bonchev–Trinajstić information content (AvgIpc) is 2.32. The van der Waals surface area contributed by atoms with Gasteiger partial charge in [-0.3, -0.25) is 0 Å². The lowest BCUT2D eigenvalue weighted by Gasteiger charge is -2.26. The predicted molar refractivity (Wildman–Crippen MR) is 59.5 cm³/mol. The molecule has 0 saturated carbocycles. The number of halogens is 1. The topological polar surface area (TPSA) is 3.24 Å². The standard InChI is InChI=1S/C11H22ClN/c1-11-7-3-2-5-9-13(11)10-6-4-8-12/h11H,2-10H2,1H3. The summed E-state index contributed by atoms with van der Waals surface area (Å²) in [6, 6.07) is 0.804. The number of hydrogen-bond donors (Lipinski definition) is 0. The van der Waals surface area contributed by atoms with Crippen LogP contribution in [0.25, 0.3) is 0 Å². The first-order chi connectivity index (χ1) is 6.34. The van der Waals surface area contributed by atoms with Crippen molar-refractivity contribution >= 4 is 11.6 Å². The fourth-order valence-electron chi connectivity index (χ4n) is 2.08. The molecule has 2 heteroatoms. The first-order valence-electron chi connectivity index (χ1n) is 5.64. The minimum Gasteiger partial charge on any atom is -0.301 e. The fourth-order valence-corrected chi connectivity index (χ4v) is 2.26. The van der Waals surface area contributed by atoms with Crippen LogP contribution in [-0.4, -0.2) is 29.9 Å². The van der Waals surface area contributed by atoms with Crippen LogP contribution in [0.2, 0.25) is 0 Å². The van der Waals surface area contributed by atoms with E-state index in [1.165, 1.54) is 51.6 Å². The van der Waals surface area contributed by atoms with Crippen LogP contribution in [-0.2, 0) is 0 Å². The highest BCUT2D eigenvalue weighted by Gasteiger charge is 2.15. The first-order valence-corrected chi connectivity index (χ1v) is 6.18. The second-order valence-corrected chi connectivity index (χ2v) is 4.51. The van der Waals surface area contributed by atoms with Crippen molar-refractivity contribution in [1.82, 2.24) is 4.90 Å². The van der Waals surface area contributed by atoms with Gasteiger partial charge in [0.1, 0.15) is 0 Å². The van der Waals surface area contributed by atoms with Gasteiger partial charge in [0, 0.05) is 11.9 Å². The van der Waals surface area contributed by atoms with Crippen molar-refractivity contribution in [3.8, 4) is 0 Å². The molecule has 0 aliphatic carbocycles. The minimum absolute atomic E-state index is 0.804. The maximum Gasteiger partial charge on any atom is 0.0223 e. The predicted octanol–water partition coefficient (Wildman–Crippen LogP) is 3.27. The van der Waals surface area contributed by atoms with Gasteiger partial charge >= 0.3 is 0 Å². The fraction of sp³-hybridized carbons (Fsp3) is 1.00. The van der Waals surface area contributed by atoms with Crippen LogP contribution in [0, 0.1) is 0 Å². The molecule has 1 heterocycles. The Balaban J connectivity index is 2.19. The van der Waals surface area contributed by atoms with Crippen molar-refractivity contribution in [2.45, 2.75) is 51.5 Å². The van der Waals surface area contributed by atoms with Gasteiger partial charge in [-0.25, -0.2) is 0 Å². The molecule has 0 N–H and O–H groups in total. The Kier molecular flexibility index (Phi) is 5.81. The van der Waals surface area contributed by atoms with E-state index in [1.807, 2.05) is 0 Å². The summed E-state index contributed by atoms with van der Waals surface area (Å²) in [5, 5.41) is 0. The molecular formula is C11H22ClN. The summed E-state index contributed by atoms with van der Waals surface area (Å²) in [5.41, 5.74) is 0. The van der Waals surface area contributed by atoms with E-state index in [4.69, 9.17) is 11.6 Å². The lowest BCUT2D eigenvalue weighted by atomic mass is 10.1. The first kappa shape index (κ1) is 11.3. The molecule has 1 atom stereocenters. The van der Waals surface area contributed by atoms with Gasteiger partial charge in [-0.1, -0.05) is 12.8 Å². The molecular weight excluding hydrogens is 182 g/mol. The quantitative estimate of drug-likeness (QED) is 0.501. The van der Waals surface area contributed by atoms with E-state index < -0.39 is 0 Å². The third kappa shape index (κ3) is 4.33. The second-order valence-electron chi connectivity index (χ2n) is 4.13. The van der Waals surface area contributed by atoms with E-state index in [-0.39, 0.29) is 0 Å². The van der Waals surface area contributed by atoms with E-state index in [1.54, 1.807) is 0 Å². The molecule has 1 saturated heterocycles. The zero-order valence-corrected chi connectivity index (χ0v) is 9.52. The number of alkyl halides is 1. The molecule has 0 bridgehead atoms. The molecule has 1 fully saturated rings. The van der Waals surface area contributed by atoms with Crippen molar-refractivity contribution in [3.63, 3.8) is 0 Å². The van der Waals surface area contributed by atoms with Crippen LogP contribution < -0.4 is 0 Å². The van der Waals surface area contributed by atoms with E-state index >= 15 is 0 Å². The van der Waals surface area contributed by atoms with Crippen LogP contribution in [0.5, 0.6) is 0 Å². The lowest BCUT2D eigenvalue weighted by molar-refractivity contribution is 0.211. The summed E-state index contributed by atoms with van der Waals surface area (Å²) < 4.78 is 0. The smallest absolute Gasteiger partial charge is 0.0223 e. The van der Waals surface area contributed by atoms with E-state index in [9.17, 15) is 0 Å². The van der Waals surface area contributed by atoms with Crippen LogP contribution in [0.3, 0.4) is 0 Å². The van der Waals surface area contributed by atoms with Crippen molar-refractivity contribution < 1.29 is 0 Å². The summed E-state index contributed by atoms with van der Waals surface area (Å²) >= 11 is 5.67. The Bertz CT molecular complexity index is 127. The number of unbranched alkanes of at least 4 members (excludes halogenated alkanes) is 1. The molecule has 1 aliphatic rings. The SMILES string of the molecule is CC1CCCCCN1CCCCCl. The molecule has 0 aromatic carbocycles. The summed E-state index contributed by atoms with van der Waals surface area (Å²) in [7, 11) is 0. The molecule has 1 unspecified atom stereocenters. The van der Waals surface area contributed by atoms with Crippen LogP contribution >= 0.6 is 11.6 Å². The monoisotopic (exact) mass is 203 g/mol. The third-order valence-electron chi connectivity index (χ3n) is 3.02. The van der Waals surface area contributed by atoms with Gasteiger partial charge in [-0.15, -0.1) is 11.6 Å². The highest BCUT2D eigenvalue weighted by atomic mass is 35.5. The number of hydrogen-bond acceptors (Lipinski definition) is 1. The largest absolute Gasteiger partial charge is 0.301 e. The summed E-state index contributed by atoms with van der Waals surface area (Å²) in [4.78, 5) is 2.64. The van der Waals surface area contributed by atoms with Gasteiger partial charge in [-0.05, 0) is 45.7 Å². The van der Waals surface area contributed by atoms with E-state index in [2.05, 4.69) is 11.8 Å². The zero-order valence-electron chi connectivity index (χ0n) is 8.77. The van der Waals surface area contributed by atoms with E-state index in [0.717, 1.165) is 11.9 Å². The van der Waals surface area contributed by atoms with Gasteiger partial charge < -0.3 is 4.90 Å². The van der Waals surface area contributed by atoms with Gasteiger partial charge in [-0.2, -0.15) is 0 Å². The summed E-state index contributed by atoms with van der Waals surface area (Å²) in [6.07, 6.45) is 8.08. The molecule has 0 aromatic heterocycles. The molecule has 1 nitrogen and oxygen atoms in total. The molecule has 0 radical (unpaired) electrons. The van der Waals surface area contributed by atoms with Gasteiger partial charge in [0.05, 0.1) is 0 Å². The Morgan fingerprint density at radius 1 is 1.23 bits per heavy atom. The van der Waals surface area contributed by atoms with Crippen molar-refractivity contribution in [2.75, 3.05) is 19.0 Å². The van der Waals surface area contributed by atoms with Gasteiger partial charge in [0.2, 0.25) is 0 Å². The Morgan fingerprint density at radius 2 is 2.08 bits per heavy atom. The third-order valence-corrected chi connectivity index (χ3v) is 3.29. The maximum absolute atomic E-state index is 5.67. The number of likely N-dealkylation sites (tertiary alicyclic amines) is 1. The summed E-state index contributed by atoms with van der Waals surface area (Å²) in [6.45, 7) is 4.93. The Morgan fingerprint density at radius 3 is 2.85 bits per heavy atom. The van der Waals surface area contributed by atoms with Crippen LogP contribution in [0.15, 0.2) is 0 Å². The molecule has 1 aliphatic heterocycles. The average molecular weight is 204 g/mol. The highest BCUT2D eigenvalue weighted by molar-refractivity contribution is 6.17. The molecule has 78 valence electrons. The Labute approximate surface area is 87.4 Å². The van der Waals surface area contributed by atoms with Crippen molar-refractivity contribution in [1.29, 1.82) is 0 Å². The Hall–Kier alpha value is 0.250. The van der Waals surface area contributed by atoms with Gasteiger partial charge in [0.15, 0.2) is 0 Å². The minimum atomic E-state index is 0.804. The van der Waals surface area contributed by atoms with Crippen LogP contribution in [0.1, 0.15) is 45.4 Å². The van der Waals surface area contributed by atoms with Crippen LogP contribution in [0.4, 0.5) is 0 Å². The van der Waals surface area contributed by atoms with E-state index in [0.29, 0.717) is 0 Å². The second kappa shape index (κ2) is 6.67. The molecule has 0 spiro atoms. The normalized spacial score (nSPS) is 25.8. The molecule has 0 amide bonds. The number of nitrogens with zero attached hydrogens (tertiary/aromatic N) is 1. The summed E-state index contributed by atoms with van der Waals surface area (Å²) in [5.74, 6) is 0.822. The van der Waals surface area contributed by atoms with Gasteiger partial charge in [0.25, 0.3) is 0 Å². The zero-order chi connectivity index (χ0) is 9.52. The molecule has 0 aromatic rings.